The van der Waals surface area contributed by atoms with Crippen LogP contribution in [0.1, 0.15) is 0 Å². The van der Waals surface area contributed by atoms with E-state index in [1.54, 1.807) is 12.1 Å². The number of non-ortho nitro benzene ring substituents is 1. The summed E-state index contributed by atoms with van der Waals surface area (Å²) in [6.07, 6.45) is -4.78. The van der Waals surface area contributed by atoms with Gasteiger partial charge in [-0.05, 0) is 23.3 Å². The second kappa shape index (κ2) is 5.20. The van der Waals surface area contributed by atoms with Gasteiger partial charge in [0.2, 0.25) is 0 Å². The maximum atomic E-state index is 12.1. The average molecular weight is 283 g/mol. The van der Waals surface area contributed by atoms with Gasteiger partial charge in [0.05, 0.1) is 4.92 Å². The summed E-state index contributed by atoms with van der Waals surface area (Å²) < 4.78 is 40.2. The van der Waals surface area contributed by atoms with E-state index in [1.807, 2.05) is 0 Å². The van der Waals surface area contributed by atoms with Crippen LogP contribution in [0.2, 0.25) is 0 Å². The van der Waals surface area contributed by atoms with Crippen LogP contribution in [-0.2, 0) is 0 Å². The van der Waals surface area contributed by atoms with Crippen molar-refractivity contribution in [2.75, 3.05) is 0 Å². The number of hydrogen-bond donors (Lipinski definition) is 0. The van der Waals surface area contributed by atoms with E-state index in [0.29, 0.717) is 11.1 Å². The zero-order valence-corrected chi connectivity index (χ0v) is 9.92. The van der Waals surface area contributed by atoms with Gasteiger partial charge in [0.1, 0.15) is 5.75 Å². The predicted molar refractivity (Wildman–Crippen MR) is 65.2 cm³/mol. The molecular formula is C13H8F3NO3. The lowest BCUT2D eigenvalue weighted by atomic mass is 10.1. The molecule has 0 fully saturated rings. The van der Waals surface area contributed by atoms with E-state index in [-0.39, 0.29) is 11.4 Å². The maximum Gasteiger partial charge on any atom is 0.573 e. The zero-order chi connectivity index (χ0) is 14.8. The van der Waals surface area contributed by atoms with Gasteiger partial charge < -0.3 is 4.74 Å². The van der Waals surface area contributed by atoms with Gasteiger partial charge in [-0.3, -0.25) is 10.1 Å². The Morgan fingerprint density at radius 3 is 2.20 bits per heavy atom. The molecule has 0 radical (unpaired) electrons. The molecule has 0 aliphatic heterocycles. The lowest BCUT2D eigenvalue weighted by Crippen LogP contribution is -2.17. The Morgan fingerprint density at radius 2 is 1.60 bits per heavy atom. The summed E-state index contributed by atoms with van der Waals surface area (Å²) in [6, 6.07) is 10.9. The van der Waals surface area contributed by atoms with E-state index in [4.69, 9.17) is 0 Å². The monoisotopic (exact) mass is 283 g/mol. The number of hydrogen-bond acceptors (Lipinski definition) is 3. The van der Waals surface area contributed by atoms with E-state index in [0.717, 1.165) is 6.07 Å². The Kier molecular flexibility index (Phi) is 3.60. The molecule has 2 rings (SSSR count). The number of rotatable bonds is 3. The summed E-state index contributed by atoms with van der Waals surface area (Å²) in [7, 11) is 0. The van der Waals surface area contributed by atoms with Crippen molar-refractivity contribution in [3.63, 3.8) is 0 Å². The molecule has 0 saturated heterocycles. The number of ether oxygens (including phenoxy) is 1. The fourth-order valence-corrected chi connectivity index (χ4v) is 1.67. The third-order valence-corrected chi connectivity index (χ3v) is 2.46. The van der Waals surface area contributed by atoms with E-state index >= 15 is 0 Å². The normalized spacial score (nSPS) is 11.2. The van der Waals surface area contributed by atoms with Crippen molar-refractivity contribution in [3.05, 3.63) is 58.6 Å². The molecule has 4 nitrogen and oxygen atoms in total. The molecule has 0 heterocycles. The highest BCUT2D eigenvalue weighted by atomic mass is 19.4. The van der Waals surface area contributed by atoms with Crippen LogP contribution in [-0.4, -0.2) is 11.3 Å². The number of halogens is 3. The molecule has 7 heteroatoms. The Labute approximate surface area is 111 Å². The van der Waals surface area contributed by atoms with Gasteiger partial charge in [0.15, 0.2) is 0 Å². The second-order valence-corrected chi connectivity index (χ2v) is 3.88. The number of nitro groups is 1. The van der Waals surface area contributed by atoms with Crippen LogP contribution < -0.4 is 4.74 Å². The standard InChI is InChI=1S/C13H8F3NO3/c14-13(15,16)20-12-6-2-4-10(8-12)9-3-1-5-11(7-9)17(18)19/h1-8H. The Morgan fingerprint density at radius 1 is 1.00 bits per heavy atom. The summed E-state index contributed by atoms with van der Waals surface area (Å²) in [6.45, 7) is 0. The fourth-order valence-electron chi connectivity index (χ4n) is 1.67. The summed E-state index contributed by atoms with van der Waals surface area (Å²) >= 11 is 0. The van der Waals surface area contributed by atoms with Gasteiger partial charge >= 0.3 is 6.36 Å². The van der Waals surface area contributed by atoms with Crippen LogP contribution in [0.25, 0.3) is 11.1 Å². The summed E-state index contributed by atoms with van der Waals surface area (Å²) in [4.78, 5) is 10.1. The number of nitrogens with zero attached hydrogens (tertiary/aromatic N) is 1. The minimum atomic E-state index is -4.78. The summed E-state index contributed by atoms with van der Waals surface area (Å²) in [5.74, 6) is -0.374. The zero-order valence-electron chi connectivity index (χ0n) is 9.92. The van der Waals surface area contributed by atoms with Crippen LogP contribution in [0.5, 0.6) is 5.75 Å². The fraction of sp³-hybridized carbons (Fsp3) is 0.0769. The smallest absolute Gasteiger partial charge is 0.406 e. The molecule has 2 aromatic carbocycles. The molecule has 0 aliphatic rings. The molecule has 0 aliphatic carbocycles. The average Bonchev–Trinajstić information content (AvgIpc) is 2.37. The van der Waals surface area contributed by atoms with Crippen molar-refractivity contribution in [3.8, 4) is 16.9 Å². The van der Waals surface area contributed by atoms with Gasteiger partial charge in [0.25, 0.3) is 5.69 Å². The Hall–Kier alpha value is -2.57. The number of benzene rings is 2. The molecule has 104 valence electrons. The minimum absolute atomic E-state index is 0.135. The number of nitro benzene ring substituents is 1. The molecule has 0 spiro atoms. The molecule has 20 heavy (non-hydrogen) atoms. The first-order valence-corrected chi connectivity index (χ1v) is 5.46. The number of alkyl halides is 3. The van der Waals surface area contributed by atoms with Crippen molar-refractivity contribution >= 4 is 5.69 Å². The van der Waals surface area contributed by atoms with Crippen molar-refractivity contribution in [1.82, 2.24) is 0 Å². The van der Waals surface area contributed by atoms with Gasteiger partial charge in [-0.1, -0.05) is 24.3 Å². The lowest BCUT2D eigenvalue weighted by Gasteiger charge is -2.10. The van der Waals surface area contributed by atoms with Gasteiger partial charge in [-0.15, -0.1) is 13.2 Å². The van der Waals surface area contributed by atoms with Crippen molar-refractivity contribution in [2.24, 2.45) is 0 Å². The molecule has 0 amide bonds. The van der Waals surface area contributed by atoms with Crippen LogP contribution in [0.15, 0.2) is 48.5 Å². The molecule has 0 bridgehead atoms. The SMILES string of the molecule is O=[N+]([O-])c1cccc(-c2cccc(OC(F)(F)F)c2)c1. The highest BCUT2D eigenvalue weighted by molar-refractivity contribution is 5.67. The van der Waals surface area contributed by atoms with E-state index in [9.17, 15) is 23.3 Å². The van der Waals surface area contributed by atoms with Gasteiger partial charge in [0, 0.05) is 12.1 Å². The van der Waals surface area contributed by atoms with Crippen LogP contribution in [0.3, 0.4) is 0 Å². The van der Waals surface area contributed by atoms with E-state index < -0.39 is 11.3 Å². The lowest BCUT2D eigenvalue weighted by molar-refractivity contribution is -0.384. The first kappa shape index (κ1) is 13.9. The molecular weight excluding hydrogens is 275 g/mol. The third-order valence-electron chi connectivity index (χ3n) is 2.46. The predicted octanol–water partition coefficient (Wildman–Crippen LogP) is 4.16. The Bertz CT molecular complexity index is 641. The summed E-state index contributed by atoms with van der Waals surface area (Å²) in [5.41, 5.74) is 0.701. The second-order valence-electron chi connectivity index (χ2n) is 3.88. The van der Waals surface area contributed by atoms with Crippen molar-refractivity contribution < 1.29 is 22.8 Å². The molecule has 0 unspecified atom stereocenters. The maximum absolute atomic E-state index is 12.1. The van der Waals surface area contributed by atoms with Gasteiger partial charge in [-0.2, -0.15) is 0 Å². The molecule has 0 atom stereocenters. The van der Waals surface area contributed by atoms with Crippen LogP contribution >= 0.6 is 0 Å². The highest BCUT2D eigenvalue weighted by Crippen LogP contribution is 2.29. The quantitative estimate of drug-likeness (QED) is 0.627. The van der Waals surface area contributed by atoms with Crippen molar-refractivity contribution in [2.45, 2.75) is 6.36 Å². The molecule has 0 N–H and O–H groups in total. The topological polar surface area (TPSA) is 52.4 Å². The molecule has 2 aromatic rings. The first-order chi connectivity index (χ1) is 9.35. The molecule has 0 saturated carbocycles. The van der Waals surface area contributed by atoms with Crippen LogP contribution in [0, 0.1) is 10.1 Å². The highest BCUT2D eigenvalue weighted by Gasteiger charge is 2.31. The van der Waals surface area contributed by atoms with E-state index in [1.165, 1.54) is 30.3 Å². The van der Waals surface area contributed by atoms with Crippen LogP contribution in [0.4, 0.5) is 18.9 Å². The summed E-state index contributed by atoms with van der Waals surface area (Å²) in [5, 5.41) is 10.7. The first-order valence-electron chi connectivity index (χ1n) is 5.46. The largest absolute Gasteiger partial charge is 0.573 e. The van der Waals surface area contributed by atoms with E-state index in [2.05, 4.69) is 4.74 Å². The minimum Gasteiger partial charge on any atom is -0.406 e. The van der Waals surface area contributed by atoms with Gasteiger partial charge in [-0.25, -0.2) is 0 Å². The Balaban J connectivity index is 2.36. The third kappa shape index (κ3) is 3.47. The van der Waals surface area contributed by atoms with Crippen molar-refractivity contribution in [1.29, 1.82) is 0 Å². The molecule has 0 aromatic heterocycles.